The highest BCUT2D eigenvalue weighted by atomic mass is 19.1. The van der Waals surface area contributed by atoms with Crippen LogP contribution in [0.15, 0.2) is 11.6 Å². The third-order valence-corrected chi connectivity index (χ3v) is 6.42. The molecule has 0 amide bonds. The van der Waals surface area contributed by atoms with Crippen LogP contribution in [0.25, 0.3) is 0 Å². The number of aliphatic hydroxyl groups is 1. The van der Waals surface area contributed by atoms with Gasteiger partial charge in [-0.1, -0.05) is 11.6 Å². The first-order valence-electron chi connectivity index (χ1n) is 11.5. The summed E-state index contributed by atoms with van der Waals surface area (Å²) in [7, 11) is 1.66. The van der Waals surface area contributed by atoms with Gasteiger partial charge in [0.05, 0.1) is 25.1 Å². The Hall–Kier alpha value is -0.650. The zero-order valence-electron chi connectivity index (χ0n) is 18.4. The minimum Gasteiger partial charge on any atom is -0.383 e. The Morgan fingerprint density at radius 1 is 1.27 bits per heavy atom. The van der Waals surface area contributed by atoms with Crippen molar-refractivity contribution in [3.63, 3.8) is 0 Å². The Morgan fingerprint density at radius 3 is 2.80 bits per heavy atom. The van der Waals surface area contributed by atoms with Gasteiger partial charge < -0.3 is 15.2 Å². The highest BCUT2D eigenvalue weighted by molar-refractivity contribution is 5.13. The Bertz CT molecular complexity index is 534. The molecule has 2 saturated heterocycles. The predicted molar refractivity (Wildman–Crippen MR) is 117 cm³/mol. The summed E-state index contributed by atoms with van der Waals surface area (Å²) in [6, 6.07) is 0.183. The van der Waals surface area contributed by atoms with E-state index in [9.17, 15) is 9.50 Å². The van der Waals surface area contributed by atoms with Gasteiger partial charge in [0.25, 0.3) is 0 Å². The van der Waals surface area contributed by atoms with Gasteiger partial charge >= 0.3 is 0 Å². The molecule has 7 atom stereocenters. The van der Waals surface area contributed by atoms with Crippen LogP contribution < -0.4 is 31.9 Å². The van der Waals surface area contributed by atoms with E-state index in [1.54, 1.807) is 7.11 Å². The molecule has 9 heteroatoms. The van der Waals surface area contributed by atoms with Crippen molar-refractivity contribution in [2.24, 2.45) is 5.92 Å². The van der Waals surface area contributed by atoms with Crippen molar-refractivity contribution in [3.05, 3.63) is 11.6 Å². The number of piperazine rings is 1. The zero-order valence-corrected chi connectivity index (χ0v) is 18.4. The van der Waals surface area contributed by atoms with Crippen LogP contribution in [0.3, 0.4) is 0 Å². The molecule has 0 bridgehead atoms. The largest absolute Gasteiger partial charge is 0.383 e. The van der Waals surface area contributed by atoms with Crippen LogP contribution in [0.5, 0.6) is 0 Å². The molecule has 3 aliphatic rings. The lowest BCUT2D eigenvalue weighted by Crippen LogP contribution is -2.66. The van der Waals surface area contributed by atoms with E-state index in [1.807, 2.05) is 0 Å². The lowest BCUT2D eigenvalue weighted by Gasteiger charge is -2.42. The van der Waals surface area contributed by atoms with Crippen molar-refractivity contribution < 1.29 is 14.2 Å². The van der Waals surface area contributed by atoms with Gasteiger partial charge in [0, 0.05) is 45.2 Å². The van der Waals surface area contributed by atoms with Gasteiger partial charge in [0.1, 0.15) is 12.4 Å². The van der Waals surface area contributed by atoms with Gasteiger partial charge in [-0.3, -0.25) is 26.6 Å². The number of nitrogens with one attached hydrogen (secondary N) is 6. The van der Waals surface area contributed by atoms with E-state index < -0.39 is 12.4 Å². The molecule has 174 valence electrons. The van der Waals surface area contributed by atoms with Crippen molar-refractivity contribution in [1.29, 1.82) is 0 Å². The molecular formula is C21H41FN6O2. The van der Waals surface area contributed by atoms with Crippen molar-refractivity contribution in [3.8, 4) is 0 Å². The summed E-state index contributed by atoms with van der Waals surface area (Å²) < 4.78 is 18.6. The van der Waals surface area contributed by atoms with Crippen molar-refractivity contribution in [2.45, 2.75) is 76.0 Å². The molecule has 2 fully saturated rings. The van der Waals surface area contributed by atoms with Crippen LogP contribution in [0.4, 0.5) is 4.39 Å². The standard InChI is InChI=1S/C21H41FN6O2/c1-14(15-3-5-17(22)6-4-15)26-18-11-16(21(29)25-9-10-30-2)12-19(27-18)28-20-13-23-7-8-24-20/h3,14,16-21,23-29H,4-13H2,1-2H3/t14-,16?,17+,18?,19?,20-,21?/m0/s1. The van der Waals surface area contributed by atoms with Crippen LogP contribution in [-0.2, 0) is 4.74 Å². The maximum absolute atomic E-state index is 13.5. The number of allylic oxidation sites excluding steroid dienone is 1. The number of aliphatic hydroxyl groups excluding tert-OH is 1. The zero-order chi connectivity index (χ0) is 21.3. The molecule has 4 unspecified atom stereocenters. The molecule has 0 aromatic heterocycles. The second-order valence-electron chi connectivity index (χ2n) is 8.81. The molecule has 0 aromatic carbocycles. The lowest BCUT2D eigenvalue weighted by atomic mass is 9.90. The second-order valence-corrected chi connectivity index (χ2v) is 8.81. The first-order valence-corrected chi connectivity index (χ1v) is 11.5. The molecule has 3 rings (SSSR count). The first kappa shape index (κ1) is 24.0. The van der Waals surface area contributed by atoms with Crippen LogP contribution in [-0.4, -0.2) is 81.9 Å². The lowest BCUT2D eigenvalue weighted by molar-refractivity contribution is 0.0223. The smallest absolute Gasteiger partial charge is 0.108 e. The van der Waals surface area contributed by atoms with E-state index in [4.69, 9.17) is 4.74 Å². The third kappa shape index (κ3) is 7.49. The predicted octanol–water partition coefficient (Wildman–Crippen LogP) is -0.272. The van der Waals surface area contributed by atoms with Gasteiger partial charge in [0.2, 0.25) is 0 Å². The monoisotopic (exact) mass is 428 g/mol. The van der Waals surface area contributed by atoms with E-state index >= 15 is 0 Å². The quantitative estimate of drug-likeness (QED) is 0.145. The number of rotatable bonds is 10. The van der Waals surface area contributed by atoms with Gasteiger partial charge in [-0.05, 0) is 39.0 Å². The summed E-state index contributed by atoms with van der Waals surface area (Å²) in [6.45, 7) is 6.15. The minimum absolute atomic E-state index is 0.0654. The number of hydrogen-bond donors (Lipinski definition) is 7. The Morgan fingerprint density at radius 2 is 2.10 bits per heavy atom. The maximum atomic E-state index is 13.5. The number of halogens is 1. The van der Waals surface area contributed by atoms with Gasteiger partial charge in [-0.25, -0.2) is 4.39 Å². The van der Waals surface area contributed by atoms with Gasteiger partial charge in [-0.15, -0.1) is 0 Å². The number of hydrogen-bond acceptors (Lipinski definition) is 8. The summed E-state index contributed by atoms with van der Waals surface area (Å²) >= 11 is 0. The van der Waals surface area contributed by atoms with E-state index in [0.29, 0.717) is 26.0 Å². The summed E-state index contributed by atoms with van der Waals surface area (Å²) in [5.41, 5.74) is 1.29. The average molecular weight is 429 g/mol. The molecule has 1 aliphatic carbocycles. The molecule has 0 aromatic rings. The van der Waals surface area contributed by atoms with Crippen LogP contribution in [0, 0.1) is 5.92 Å². The summed E-state index contributed by atoms with van der Waals surface area (Å²) in [6.07, 6.45) is 4.73. The molecular weight excluding hydrogens is 387 g/mol. The van der Waals surface area contributed by atoms with E-state index in [2.05, 4.69) is 44.9 Å². The third-order valence-electron chi connectivity index (χ3n) is 6.42. The number of piperidine rings is 1. The van der Waals surface area contributed by atoms with Crippen LogP contribution in [0.2, 0.25) is 0 Å². The average Bonchev–Trinajstić information content (AvgIpc) is 2.75. The van der Waals surface area contributed by atoms with E-state index in [-0.39, 0.29) is 30.5 Å². The topological polar surface area (TPSA) is 102 Å². The second kappa shape index (κ2) is 12.4. The number of ether oxygens (including phenoxy) is 1. The van der Waals surface area contributed by atoms with Gasteiger partial charge in [0.15, 0.2) is 0 Å². The Kier molecular flexibility index (Phi) is 9.92. The fourth-order valence-electron chi connectivity index (χ4n) is 4.68. The minimum atomic E-state index is -0.698. The highest BCUT2D eigenvalue weighted by Crippen LogP contribution is 2.25. The molecule has 0 radical (unpaired) electrons. The number of alkyl halides is 1. The fraction of sp³-hybridized carbons (Fsp3) is 0.905. The molecule has 0 spiro atoms. The van der Waals surface area contributed by atoms with E-state index in [0.717, 1.165) is 38.9 Å². The maximum Gasteiger partial charge on any atom is 0.108 e. The summed E-state index contributed by atoms with van der Waals surface area (Å²) in [4.78, 5) is 0. The Balaban J connectivity index is 1.58. The first-order chi connectivity index (χ1) is 14.5. The Labute approximate surface area is 180 Å². The number of methoxy groups -OCH3 is 1. The molecule has 0 saturated carbocycles. The van der Waals surface area contributed by atoms with Crippen molar-refractivity contribution in [1.82, 2.24) is 31.9 Å². The molecule has 8 nitrogen and oxygen atoms in total. The fourth-order valence-corrected chi connectivity index (χ4v) is 4.68. The molecule has 2 aliphatic heterocycles. The highest BCUT2D eigenvalue weighted by Gasteiger charge is 2.34. The molecule has 2 heterocycles. The van der Waals surface area contributed by atoms with Gasteiger partial charge in [-0.2, -0.15) is 0 Å². The summed E-state index contributed by atoms with van der Waals surface area (Å²) in [5.74, 6) is 0.109. The molecule has 7 N–H and O–H groups in total. The summed E-state index contributed by atoms with van der Waals surface area (Å²) in [5, 5.41) is 31.8. The van der Waals surface area contributed by atoms with Crippen LogP contribution >= 0.6 is 0 Å². The molecule has 30 heavy (non-hydrogen) atoms. The SMILES string of the molecule is COCCNC(O)C1CC(N[C@H]2CNCCN2)NC(N[C@@H](C)C2=CC[C@@H](F)CC2)C1. The van der Waals surface area contributed by atoms with E-state index in [1.165, 1.54) is 5.57 Å². The van der Waals surface area contributed by atoms with Crippen molar-refractivity contribution in [2.75, 3.05) is 39.9 Å². The van der Waals surface area contributed by atoms with Crippen molar-refractivity contribution >= 4 is 0 Å². The van der Waals surface area contributed by atoms with Crippen LogP contribution in [0.1, 0.15) is 39.0 Å². The normalized spacial score (nSPS) is 34.9.